The van der Waals surface area contributed by atoms with Crippen LogP contribution in [0.15, 0.2) is 59.5 Å². The van der Waals surface area contributed by atoms with Crippen LogP contribution >= 0.6 is 11.6 Å². The van der Waals surface area contributed by atoms with Gasteiger partial charge in [-0.1, -0.05) is 29.8 Å². The number of halogens is 1. The Bertz CT molecular complexity index is 1130. The maximum atomic E-state index is 13.6. The quantitative estimate of drug-likeness (QED) is 0.572. The van der Waals surface area contributed by atoms with E-state index < -0.39 is 6.04 Å². The fourth-order valence-electron chi connectivity index (χ4n) is 4.44. The van der Waals surface area contributed by atoms with E-state index in [0.29, 0.717) is 42.5 Å². The summed E-state index contributed by atoms with van der Waals surface area (Å²) in [4.78, 5) is 22.5. The van der Waals surface area contributed by atoms with Crippen molar-refractivity contribution in [1.29, 1.82) is 0 Å². The van der Waals surface area contributed by atoms with Gasteiger partial charge in [0.2, 0.25) is 0 Å². The first-order valence-corrected chi connectivity index (χ1v) is 11.4. The average molecular weight is 469 g/mol. The van der Waals surface area contributed by atoms with Crippen LogP contribution in [-0.4, -0.2) is 59.5 Å². The van der Waals surface area contributed by atoms with Gasteiger partial charge in [-0.3, -0.25) is 9.69 Å². The maximum absolute atomic E-state index is 13.6. The highest BCUT2D eigenvalue weighted by Crippen LogP contribution is 2.34. The van der Waals surface area contributed by atoms with Gasteiger partial charge in [-0.15, -0.1) is 0 Å². The third-order valence-corrected chi connectivity index (χ3v) is 6.41. The normalized spacial score (nSPS) is 15.5. The summed E-state index contributed by atoms with van der Waals surface area (Å²) in [6, 6.07) is 14.7. The second kappa shape index (κ2) is 10.4. The molecule has 0 radical (unpaired) electrons. The number of ether oxygens (including phenoxy) is 1. The predicted octanol–water partition coefficient (Wildman–Crippen LogP) is 3.47. The Morgan fingerprint density at radius 3 is 2.48 bits per heavy atom. The Hall–Kier alpha value is -2.87. The minimum Gasteiger partial charge on any atom is -0.507 e. The molecule has 0 spiro atoms. The zero-order valence-corrected chi connectivity index (χ0v) is 19.7. The first-order valence-electron chi connectivity index (χ1n) is 11.1. The van der Waals surface area contributed by atoms with E-state index in [4.69, 9.17) is 16.3 Å². The highest BCUT2D eigenvalue weighted by Gasteiger charge is 2.31. The van der Waals surface area contributed by atoms with Crippen LogP contribution in [0.4, 0.5) is 5.82 Å². The van der Waals surface area contributed by atoms with Gasteiger partial charge in [0.05, 0.1) is 18.2 Å². The Morgan fingerprint density at radius 2 is 1.85 bits per heavy atom. The van der Waals surface area contributed by atoms with Crippen LogP contribution in [0, 0.1) is 6.92 Å². The summed E-state index contributed by atoms with van der Waals surface area (Å²) >= 11 is 6.14. The largest absolute Gasteiger partial charge is 0.507 e. The number of aromatic hydroxyl groups is 1. The summed E-state index contributed by atoms with van der Waals surface area (Å²) in [5.41, 5.74) is 1.80. The molecule has 0 amide bonds. The number of piperazine rings is 1. The molecule has 1 saturated heterocycles. The molecule has 1 unspecified atom stereocenters. The van der Waals surface area contributed by atoms with Crippen molar-refractivity contribution in [3.8, 4) is 5.75 Å². The summed E-state index contributed by atoms with van der Waals surface area (Å²) in [5, 5.41) is 11.6. The molecule has 3 heterocycles. The molecule has 33 heavy (non-hydrogen) atoms. The number of anilines is 1. The Kier molecular flexibility index (Phi) is 7.33. The van der Waals surface area contributed by atoms with Crippen LogP contribution in [-0.2, 0) is 11.3 Å². The number of aryl methyl sites for hydroxylation is 1. The first kappa shape index (κ1) is 23.3. The van der Waals surface area contributed by atoms with Crippen molar-refractivity contribution in [3.05, 3.63) is 86.9 Å². The Morgan fingerprint density at radius 1 is 1.12 bits per heavy atom. The van der Waals surface area contributed by atoms with Crippen molar-refractivity contribution in [1.82, 2.24) is 14.5 Å². The summed E-state index contributed by atoms with van der Waals surface area (Å²) in [6.45, 7) is 5.64. The molecule has 1 aromatic carbocycles. The van der Waals surface area contributed by atoms with Gasteiger partial charge in [0.15, 0.2) is 0 Å². The fraction of sp³-hybridized carbons (Fsp3) is 0.360. The van der Waals surface area contributed by atoms with E-state index in [2.05, 4.69) is 14.8 Å². The second-order valence-corrected chi connectivity index (χ2v) is 8.64. The van der Waals surface area contributed by atoms with Crippen molar-refractivity contribution in [2.75, 3.05) is 44.8 Å². The summed E-state index contributed by atoms with van der Waals surface area (Å²) < 4.78 is 6.87. The standard InChI is InChI=1S/C25H29ClN4O3/c1-18-17-21(31)23(25(32)30(18)15-16-33-2)24(19-6-8-20(26)9-7-19)29-13-11-28(12-14-29)22-5-3-4-10-27-22/h3-10,17,24,31H,11-16H2,1-2H3. The lowest BCUT2D eigenvalue weighted by Gasteiger charge is -2.40. The molecule has 8 heteroatoms. The zero-order chi connectivity index (χ0) is 23.4. The molecule has 174 valence electrons. The van der Waals surface area contributed by atoms with E-state index >= 15 is 0 Å². The number of rotatable bonds is 7. The van der Waals surface area contributed by atoms with E-state index in [1.165, 1.54) is 0 Å². The van der Waals surface area contributed by atoms with Crippen LogP contribution in [0.5, 0.6) is 5.75 Å². The van der Waals surface area contributed by atoms with Crippen LogP contribution in [0.2, 0.25) is 5.02 Å². The van der Waals surface area contributed by atoms with Gasteiger partial charge in [0, 0.05) is 56.7 Å². The van der Waals surface area contributed by atoms with Crippen LogP contribution in [0.3, 0.4) is 0 Å². The molecule has 0 saturated carbocycles. The molecule has 7 nitrogen and oxygen atoms in total. The third kappa shape index (κ3) is 5.05. The summed E-state index contributed by atoms with van der Waals surface area (Å²) in [7, 11) is 1.61. The van der Waals surface area contributed by atoms with Crippen LogP contribution < -0.4 is 10.5 Å². The fourth-order valence-corrected chi connectivity index (χ4v) is 4.57. The average Bonchev–Trinajstić information content (AvgIpc) is 2.83. The molecule has 4 rings (SSSR count). The molecule has 1 fully saturated rings. The van der Waals surface area contributed by atoms with E-state index in [9.17, 15) is 9.90 Å². The lowest BCUT2D eigenvalue weighted by atomic mass is 9.96. The van der Waals surface area contributed by atoms with Crippen LogP contribution in [0.1, 0.15) is 22.9 Å². The summed E-state index contributed by atoms with van der Waals surface area (Å²) in [6.07, 6.45) is 1.80. The molecule has 0 aliphatic carbocycles. The van der Waals surface area contributed by atoms with Crippen LogP contribution in [0.25, 0.3) is 0 Å². The smallest absolute Gasteiger partial charge is 0.259 e. The highest BCUT2D eigenvalue weighted by atomic mass is 35.5. The number of methoxy groups -OCH3 is 1. The van der Waals surface area contributed by atoms with Gasteiger partial charge in [0.25, 0.3) is 5.56 Å². The monoisotopic (exact) mass is 468 g/mol. The van der Waals surface area contributed by atoms with E-state index in [0.717, 1.165) is 24.5 Å². The van der Waals surface area contributed by atoms with Crippen molar-refractivity contribution >= 4 is 17.4 Å². The molecule has 3 aromatic rings. The third-order valence-electron chi connectivity index (χ3n) is 6.15. The zero-order valence-electron chi connectivity index (χ0n) is 18.9. The van der Waals surface area contributed by atoms with Gasteiger partial charge < -0.3 is 19.3 Å². The van der Waals surface area contributed by atoms with Gasteiger partial charge in [0.1, 0.15) is 11.6 Å². The lowest BCUT2D eigenvalue weighted by Crippen LogP contribution is -2.49. The lowest BCUT2D eigenvalue weighted by molar-refractivity contribution is 0.183. The highest BCUT2D eigenvalue weighted by molar-refractivity contribution is 6.30. The molecular formula is C25H29ClN4O3. The minimum atomic E-state index is -0.393. The number of aromatic nitrogens is 2. The molecule has 2 aromatic heterocycles. The molecule has 1 aliphatic rings. The molecular weight excluding hydrogens is 440 g/mol. The Labute approximate surface area is 198 Å². The Balaban J connectivity index is 1.72. The number of hydrogen-bond acceptors (Lipinski definition) is 6. The topological polar surface area (TPSA) is 70.8 Å². The minimum absolute atomic E-state index is 0.0123. The number of nitrogens with zero attached hydrogens (tertiary/aromatic N) is 4. The number of hydrogen-bond donors (Lipinski definition) is 1. The molecule has 0 bridgehead atoms. The van der Waals surface area contributed by atoms with Crippen molar-refractivity contribution < 1.29 is 9.84 Å². The van der Waals surface area contributed by atoms with Crippen molar-refractivity contribution in [2.45, 2.75) is 19.5 Å². The van der Waals surface area contributed by atoms with Crippen molar-refractivity contribution in [3.63, 3.8) is 0 Å². The van der Waals surface area contributed by atoms with Gasteiger partial charge in [-0.05, 0) is 42.8 Å². The van der Waals surface area contributed by atoms with E-state index in [1.807, 2.05) is 49.4 Å². The van der Waals surface area contributed by atoms with E-state index in [-0.39, 0.29) is 11.3 Å². The van der Waals surface area contributed by atoms with Gasteiger partial charge in [-0.25, -0.2) is 4.98 Å². The molecule has 1 N–H and O–H groups in total. The van der Waals surface area contributed by atoms with E-state index in [1.54, 1.807) is 23.9 Å². The molecule has 1 aliphatic heterocycles. The van der Waals surface area contributed by atoms with Gasteiger partial charge >= 0.3 is 0 Å². The predicted molar refractivity (Wildman–Crippen MR) is 130 cm³/mol. The number of benzene rings is 1. The second-order valence-electron chi connectivity index (χ2n) is 8.20. The summed E-state index contributed by atoms with van der Waals surface area (Å²) in [5.74, 6) is 0.957. The SMILES string of the molecule is COCCn1c(C)cc(O)c(C(c2ccc(Cl)cc2)N2CCN(c3ccccn3)CC2)c1=O. The first-order chi connectivity index (χ1) is 16.0. The maximum Gasteiger partial charge on any atom is 0.259 e. The van der Waals surface area contributed by atoms with Crippen molar-refractivity contribution in [2.24, 2.45) is 0 Å². The number of pyridine rings is 2. The van der Waals surface area contributed by atoms with Gasteiger partial charge in [-0.2, -0.15) is 0 Å². The molecule has 1 atom stereocenters.